The molecule has 108 valence electrons. The van der Waals surface area contributed by atoms with Gasteiger partial charge in [-0.3, -0.25) is 0 Å². The molecule has 0 spiro atoms. The number of fused-ring (bicyclic) bond motifs is 1. The largest absolute Gasteiger partial charge is 0.396 e. The highest BCUT2D eigenvalue weighted by molar-refractivity contribution is 7.99. The van der Waals surface area contributed by atoms with Crippen molar-refractivity contribution in [2.24, 2.45) is 0 Å². The standard InChI is InChI=1S/C17H23NOS/c1-2-10-18-16(9-11-19)13-20-17-8-7-14-5-3-4-6-15(14)12-17/h3-8,12,16,18-19H,2,9-11,13H2,1H3. The first-order chi connectivity index (χ1) is 9.83. The van der Waals surface area contributed by atoms with Crippen molar-refractivity contribution in [2.45, 2.75) is 30.7 Å². The fraction of sp³-hybridized carbons (Fsp3) is 0.412. The molecular formula is C17H23NOS. The van der Waals surface area contributed by atoms with Gasteiger partial charge in [-0.05, 0) is 42.3 Å². The lowest BCUT2D eigenvalue weighted by Gasteiger charge is -2.17. The van der Waals surface area contributed by atoms with Crippen LogP contribution in [0.25, 0.3) is 10.8 Å². The SMILES string of the molecule is CCCNC(CCO)CSc1ccc2ccccc2c1. The lowest BCUT2D eigenvalue weighted by molar-refractivity contribution is 0.270. The molecule has 1 atom stereocenters. The van der Waals surface area contributed by atoms with E-state index in [1.807, 2.05) is 11.8 Å². The van der Waals surface area contributed by atoms with Gasteiger partial charge in [-0.15, -0.1) is 11.8 Å². The van der Waals surface area contributed by atoms with E-state index < -0.39 is 0 Å². The summed E-state index contributed by atoms with van der Waals surface area (Å²) in [5.41, 5.74) is 0. The molecule has 0 aliphatic rings. The smallest absolute Gasteiger partial charge is 0.0446 e. The van der Waals surface area contributed by atoms with E-state index in [1.54, 1.807) is 0 Å². The van der Waals surface area contributed by atoms with E-state index in [-0.39, 0.29) is 6.61 Å². The molecule has 2 aromatic carbocycles. The Morgan fingerprint density at radius 1 is 1.15 bits per heavy atom. The first-order valence-corrected chi connectivity index (χ1v) is 8.28. The van der Waals surface area contributed by atoms with Gasteiger partial charge in [-0.1, -0.05) is 37.3 Å². The topological polar surface area (TPSA) is 32.3 Å². The number of aliphatic hydroxyl groups is 1. The number of hydrogen-bond donors (Lipinski definition) is 2. The normalized spacial score (nSPS) is 12.7. The molecule has 2 rings (SSSR count). The van der Waals surface area contributed by atoms with E-state index in [9.17, 15) is 0 Å². The van der Waals surface area contributed by atoms with Crippen LogP contribution in [-0.4, -0.2) is 30.1 Å². The summed E-state index contributed by atoms with van der Waals surface area (Å²) in [4.78, 5) is 1.30. The minimum Gasteiger partial charge on any atom is -0.396 e. The van der Waals surface area contributed by atoms with Crippen molar-refractivity contribution in [3.05, 3.63) is 42.5 Å². The monoisotopic (exact) mass is 289 g/mol. The van der Waals surface area contributed by atoms with Crippen LogP contribution in [0.2, 0.25) is 0 Å². The van der Waals surface area contributed by atoms with Crippen molar-refractivity contribution in [3.63, 3.8) is 0 Å². The lowest BCUT2D eigenvalue weighted by Crippen LogP contribution is -2.32. The third-order valence-corrected chi connectivity index (χ3v) is 4.49. The number of hydrogen-bond acceptors (Lipinski definition) is 3. The van der Waals surface area contributed by atoms with E-state index >= 15 is 0 Å². The molecule has 0 aromatic heterocycles. The fourth-order valence-corrected chi connectivity index (χ4v) is 3.26. The van der Waals surface area contributed by atoms with Crippen molar-refractivity contribution >= 4 is 22.5 Å². The number of benzene rings is 2. The molecule has 2 aromatic rings. The van der Waals surface area contributed by atoms with Gasteiger partial charge in [0, 0.05) is 23.3 Å². The summed E-state index contributed by atoms with van der Waals surface area (Å²) in [5.74, 6) is 0.999. The maximum atomic E-state index is 9.13. The van der Waals surface area contributed by atoms with E-state index in [0.717, 1.165) is 25.1 Å². The Morgan fingerprint density at radius 2 is 1.95 bits per heavy atom. The molecule has 0 fully saturated rings. The van der Waals surface area contributed by atoms with E-state index in [4.69, 9.17) is 5.11 Å². The Hall–Kier alpha value is -1.03. The fourth-order valence-electron chi connectivity index (χ4n) is 2.20. The van der Waals surface area contributed by atoms with Crippen LogP contribution in [0.5, 0.6) is 0 Å². The van der Waals surface area contributed by atoms with Crippen LogP contribution in [-0.2, 0) is 0 Å². The molecule has 0 bridgehead atoms. The van der Waals surface area contributed by atoms with Crippen LogP contribution in [0.4, 0.5) is 0 Å². The average Bonchev–Trinajstić information content (AvgIpc) is 2.50. The first kappa shape index (κ1) is 15.4. The van der Waals surface area contributed by atoms with Crippen molar-refractivity contribution in [2.75, 3.05) is 18.9 Å². The zero-order valence-electron chi connectivity index (χ0n) is 12.0. The van der Waals surface area contributed by atoms with Gasteiger partial charge in [0.2, 0.25) is 0 Å². The molecule has 20 heavy (non-hydrogen) atoms. The van der Waals surface area contributed by atoms with Gasteiger partial charge >= 0.3 is 0 Å². The zero-order valence-corrected chi connectivity index (χ0v) is 12.8. The van der Waals surface area contributed by atoms with Gasteiger partial charge in [0.15, 0.2) is 0 Å². The second kappa shape index (κ2) is 8.30. The van der Waals surface area contributed by atoms with Crippen LogP contribution >= 0.6 is 11.8 Å². The Morgan fingerprint density at radius 3 is 2.70 bits per heavy atom. The van der Waals surface area contributed by atoms with Crippen molar-refractivity contribution in [3.8, 4) is 0 Å². The molecule has 2 N–H and O–H groups in total. The van der Waals surface area contributed by atoms with Gasteiger partial charge in [0.25, 0.3) is 0 Å². The molecule has 0 radical (unpaired) electrons. The van der Waals surface area contributed by atoms with Crippen LogP contribution in [0.3, 0.4) is 0 Å². The summed E-state index contributed by atoms with van der Waals surface area (Å²) >= 11 is 1.86. The molecule has 0 aliphatic carbocycles. The summed E-state index contributed by atoms with van der Waals surface area (Å²) in [5, 5.41) is 15.2. The van der Waals surface area contributed by atoms with Gasteiger partial charge in [-0.25, -0.2) is 0 Å². The van der Waals surface area contributed by atoms with Gasteiger partial charge < -0.3 is 10.4 Å². The Kier molecular flexibility index (Phi) is 6.37. The van der Waals surface area contributed by atoms with E-state index in [0.29, 0.717) is 6.04 Å². The molecular weight excluding hydrogens is 266 g/mol. The molecule has 0 saturated carbocycles. The third-order valence-electron chi connectivity index (χ3n) is 3.33. The lowest BCUT2D eigenvalue weighted by atomic mass is 10.1. The summed E-state index contributed by atoms with van der Waals surface area (Å²) in [6.07, 6.45) is 1.95. The predicted molar refractivity (Wildman–Crippen MR) is 88.5 cm³/mol. The summed E-state index contributed by atoms with van der Waals surface area (Å²) in [7, 11) is 0. The highest BCUT2D eigenvalue weighted by Crippen LogP contribution is 2.24. The van der Waals surface area contributed by atoms with Crippen molar-refractivity contribution in [1.82, 2.24) is 5.32 Å². The maximum absolute atomic E-state index is 9.13. The highest BCUT2D eigenvalue weighted by atomic mass is 32.2. The maximum Gasteiger partial charge on any atom is 0.0446 e. The highest BCUT2D eigenvalue weighted by Gasteiger charge is 2.08. The van der Waals surface area contributed by atoms with Crippen LogP contribution in [0, 0.1) is 0 Å². The Balaban J connectivity index is 1.96. The summed E-state index contributed by atoms with van der Waals surface area (Å²) < 4.78 is 0. The molecule has 3 heteroatoms. The molecule has 0 saturated heterocycles. The number of thioether (sulfide) groups is 1. The minimum absolute atomic E-state index is 0.250. The summed E-state index contributed by atoms with van der Waals surface area (Å²) in [6, 6.07) is 15.4. The Bertz CT molecular complexity index is 529. The first-order valence-electron chi connectivity index (χ1n) is 7.29. The van der Waals surface area contributed by atoms with Crippen molar-refractivity contribution in [1.29, 1.82) is 0 Å². The number of nitrogens with one attached hydrogen (secondary N) is 1. The van der Waals surface area contributed by atoms with Crippen LogP contribution in [0.1, 0.15) is 19.8 Å². The van der Waals surface area contributed by atoms with Crippen molar-refractivity contribution < 1.29 is 5.11 Å². The Labute approximate surface area is 125 Å². The predicted octanol–water partition coefficient (Wildman–Crippen LogP) is 3.68. The number of rotatable bonds is 8. The molecule has 0 aliphatic heterocycles. The summed E-state index contributed by atoms with van der Waals surface area (Å²) in [6.45, 7) is 3.43. The average molecular weight is 289 g/mol. The van der Waals surface area contributed by atoms with Gasteiger partial charge in [0.05, 0.1) is 0 Å². The quantitative estimate of drug-likeness (QED) is 0.727. The van der Waals surface area contributed by atoms with Crippen LogP contribution < -0.4 is 5.32 Å². The second-order valence-electron chi connectivity index (χ2n) is 4.98. The zero-order chi connectivity index (χ0) is 14.2. The molecule has 0 heterocycles. The van der Waals surface area contributed by atoms with Gasteiger partial charge in [-0.2, -0.15) is 0 Å². The molecule has 2 nitrogen and oxygen atoms in total. The molecule has 1 unspecified atom stereocenters. The molecule has 0 amide bonds. The minimum atomic E-state index is 0.250. The van der Waals surface area contributed by atoms with E-state index in [1.165, 1.54) is 15.7 Å². The van der Waals surface area contributed by atoms with Crippen LogP contribution in [0.15, 0.2) is 47.4 Å². The van der Waals surface area contributed by atoms with Gasteiger partial charge in [0.1, 0.15) is 0 Å². The number of aliphatic hydroxyl groups excluding tert-OH is 1. The van der Waals surface area contributed by atoms with E-state index in [2.05, 4.69) is 54.7 Å². The second-order valence-corrected chi connectivity index (χ2v) is 6.08. The third kappa shape index (κ3) is 4.51.